The van der Waals surface area contributed by atoms with Gasteiger partial charge in [-0.1, -0.05) is 25.1 Å². The van der Waals surface area contributed by atoms with Gasteiger partial charge in [0.2, 0.25) is 0 Å². The molecule has 2 aromatic rings. The lowest BCUT2D eigenvalue weighted by Crippen LogP contribution is -2.31. The Morgan fingerprint density at radius 2 is 1.61 bits per heavy atom. The van der Waals surface area contributed by atoms with Crippen molar-refractivity contribution in [2.75, 3.05) is 24.9 Å². The Morgan fingerprint density at radius 1 is 0.893 bits per heavy atom. The summed E-state index contributed by atoms with van der Waals surface area (Å²) < 4.78 is 10.6. The van der Waals surface area contributed by atoms with Gasteiger partial charge in [-0.15, -0.1) is 11.8 Å². The predicted octanol–water partition coefficient (Wildman–Crippen LogP) is 4.36. The number of ether oxygens (including phenoxy) is 2. The number of benzene rings is 2. The lowest BCUT2D eigenvalue weighted by atomic mass is 10.0. The summed E-state index contributed by atoms with van der Waals surface area (Å²) in [5.74, 6) is 1.07. The van der Waals surface area contributed by atoms with Gasteiger partial charge in [-0.2, -0.15) is 0 Å². The van der Waals surface area contributed by atoms with E-state index in [2.05, 4.69) is 0 Å². The van der Waals surface area contributed by atoms with Gasteiger partial charge in [0.25, 0.3) is 11.8 Å². The van der Waals surface area contributed by atoms with Gasteiger partial charge < -0.3 is 9.47 Å². The molecular formula is C22H23NO4S. The van der Waals surface area contributed by atoms with Crippen molar-refractivity contribution in [1.82, 2.24) is 0 Å². The van der Waals surface area contributed by atoms with Crippen molar-refractivity contribution in [2.24, 2.45) is 0 Å². The minimum absolute atomic E-state index is 0.308. The molecule has 1 heterocycles. The van der Waals surface area contributed by atoms with Crippen molar-refractivity contribution in [3.05, 3.63) is 58.0 Å². The number of hydrogen-bond acceptors (Lipinski definition) is 5. The van der Waals surface area contributed by atoms with Crippen molar-refractivity contribution >= 4 is 34.8 Å². The number of amides is 2. The lowest BCUT2D eigenvalue weighted by molar-refractivity contribution is -0.119. The molecule has 5 nitrogen and oxygen atoms in total. The average Bonchev–Trinajstić information content (AvgIpc) is 2.93. The maximum atomic E-state index is 13.3. The van der Waals surface area contributed by atoms with Gasteiger partial charge in [0.1, 0.15) is 0 Å². The third-order valence-electron chi connectivity index (χ3n) is 4.75. The second kappa shape index (κ2) is 8.10. The Kier molecular flexibility index (Phi) is 5.79. The zero-order valence-corrected chi connectivity index (χ0v) is 17.5. The molecule has 0 aromatic heterocycles. The van der Waals surface area contributed by atoms with Crippen LogP contribution in [0.3, 0.4) is 0 Å². The Morgan fingerprint density at radius 3 is 2.21 bits per heavy atom. The Labute approximate surface area is 169 Å². The molecule has 0 aliphatic carbocycles. The first-order chi connectivity index (χ1) is 13.4. The molecule has 2 amide bonds. The second-order valence-electron chi connectivity index (χ2n) is 6.42. The standard InChI is InChI=1S/C22H23NO4S/c1-6-28-20-19(15-8-7-13(2)14(3)11-15)21(24)23(22(20)25)16-9-10-17(26-4)18(12-16)27-5/h7-12H,6H2,1-5H3. The Bertz CT molecular complexity index is 980. The number of anilines is 1. The minimum atomic E-state index is -0.323. The SMILES string of the molecule is CCSC1=C(c2ccc(C)c(C)c2)C(=O)N(c2ccc(OC)c(OC)c2)C1=O. The van der Waals surface area contributed by atoms with Crippen molar-refractivity contribution in [1.29, 1.82) is 0 Å². The first-order valence-electron chi connectivity index (χ1n) is 8.98. The number of aryl methyl sites for hydroxylation is 2. The molecule has 3 rings (SSSR count). The molecule has 1 aliphatic rings. The van der Waals surface area contributed by atoms with Gasteiger partial charge in [-0.05, 0) is 48.4 Å². The first kappa shape index (κ1) is 20.0. The molecule has 0 bridgehead atoms. The van der Waals surface area contributed by atoms with Crippen LogP contribution in [0.2, 0.25) is 0 Å². The highest BCUT2D eigenvalue weighted by Crippen LogP contribution is 2.40. The highest BCUT2D eigenvalue weighted by atomic mass is 32.2. The Balaban J connectivity index is 2.10. The van der Waals surface area contributed by atoms with Crippen LogP contribution < -0.4 is 14.4 Å². The highest BCUT2D eigenvalue weighted by Gasteiger charge is 2.40. The molecule has 2 aromatic carbocycles. The molecule has 0 N–H and O–H groups in total. The molecule has 0 fully saturated rings. The molecule has 0 atom stereocenters. The quantitative estimate of drug-likeness (QED) is 0.678. The normalized spacial score (nSPS) is 14.1. The molecule has 0 saturated heterocycles. The maximum Gasteiger partial charge on any atom is 0.272 e. The molecule has 0 radical (unpaired) electrons. The van der Waals surface area contributed by atoms with Gasteiger partial charge in [0, 0.05) is 6.07 Å². The largest absolute Gasteiger partial charge is 0.493 e. The zero-order chi connectivity index (χ0) is 20.4. The summed E-state index contributed by atoms with van der Waals surface area (Å²) in [7, 11) is 3.06. The van der Waals surface area contributed by atoms with E-state index in [-0.39, 0.29) is 11.8 Å². The van der Waals surface area contributed by atoms with E-state index in [0.29, 0.717) is 33.4 Å². The third-order valence-corrected chi connectivity index (χ3v) is 5.71. The van der Waals surface area contributed by atoms with Gasteiger partial charge in [0.05, 0.1) is 30.4 Å². The van der Waals surface area contributed by atoms with Crippen LogP contribution >= 0.6 is 11.8 Å². The lowest BCUT2D eigenvalue weighted by Gasteiger charge is -2.17. The molecule has 6 heteroatoms. The second-order valence-corrected chi connectivity index (χ2v) is 7.70. The van der Waals surface area contributed by atoms with Crippen molar-refractivity contribution in [3.8, 4) is 11.5 Å². The van der Waals surface area contributed by atoms with Crippen molar-refractivity contribution in [2.45, 2.75) is 20.8 Å². The van der Waals surface area contributed by atoms with E-state index in [9.17, 15) is 9.59 Å². The zero-order valence-electron chi connectivity index (χ0n) is 16.7. The topological polar surface area (TPSA) is 55.8 Å². The van der Waals surface area contributed by atoms with E-state index in [0.717, 1.165) is 16.7 Å². The number of carbonyl (C=O) groups is 2. The van der Waals surface area contributed by atoms with Gasteiger partial charge in [0.15, 0.2) is 11.5 Å². The summed E-state index contributed by atoms with van der Waals surface area (Å²) in [6.45, 7) is 5.98. The van der Waals surface area contributed by atoms with Gasteiger partial charge in [-0.25, -0.2) is 4.90 Å². The molecule has 146 valence electrons. The molecule has 0 unspecified atom stereocenters. The van der Waals surface area contributed by atoms with E-state index in [1.54, 1.807) is 25.3 Å². The summed E-state index contributed by atoms with van der Waals surface area (Å²) >= 11 is 1.39. The smallest absolute Gasteiger partial charge is 0.272 e. The fourth-order valence-corrected chi connectivity index (χ4v) is 3.99. The van der Waals surface area contributed by atoms with Crippen LogP contribution in [-0.4, -0.2) is 31.8 Å². The predicted molar refractivity (Wildman–Crippen MR) is 113 cm³/mol. The van der Waals surface area contributed by atoms with Crippen LogP contribution in [0.4, 0.5) is 5.69 Å². The fraction of sp³-hybridized carbons (Fsp3) is 0.273. The molecule has 28 heavy (non-hydrogen) atoms. The van der Waals surface area contributed by atoms with E-state index < -0.39 is 0 Å². The molecule has 1 aliphatic heterocycles. The number of thioether (sulfide) groups is 1. The number of methoxy groups -OCH3 is 2. The first-order valence-corrected chi connectivity index (χ1v) is 9.97. The van der Waals surface area contributed by atoms with Crippen LogP contribution in [-0.2, 0) is 9.59 Å². The summed E-state index contributed by atoms with van der Waals surface area (Å²) in [6.07, 6.45) is 0. The molecule has 0 saturated carbocycles. The van der Waals surface area contributed by atoms with Crippen LogP contribution in [0.1, 0.15) is 23.6 Å². The van der Waals surface area contributed by atoms with Crippen LogP contribution in [0.15, 0.2) is 41.3 Å². The van der Waals surface area contributed by atoms with Gasteiger partial charge in [-0.3, -0.25) is 9.59 Å². The number of imide groups is 1. The van der Waals surface area contributed by atoms with Crippen LogP contribution in [0, 0.1) is 13.8 Å². The van der Waals surface area contributed by atoms with Crippen molar-refractivity contribution < 1.29 is 19.1 Å². The number of carbonyl (C=O) groups excluding carboxylic acids is 2. The van der Waals surface area contributed by atoms with E-state index in [1.165, 1.54) is 23.8 Å². The van der Waals surface area contributed by atoms with Gasteiger partial charge >= 0.3 is 0 Å². The van der Waals surface area contributed by atoms with Crippen LogP contribution in [0.25, 0.3) is 5.57 Å². The summed E-state index contributed by atoms with van der Waals surface area (Å²) in [4.78, 5) is 28.2. The molecular weight excluding hydrogens is 374 g/mol. The number of rotatable bonds is 6. The Hall–Kier alpha value is -2.73. The summed E-state index contributed by atoms with van der Waals surface area (Å²) in [5.41, 5.74) is 3.90. The third kappa shape index (κ3) is 3.40. The average molecular weight is 397 g/mol. The summed E-state index contributed by atoms with van der Waals surface area (Å²) in [6, 6.07) is 10.9. The fourth-order valence-electron chi connectivity index (χ4n) is 3.14. The number of nitrogens with zero attached hydrogens (tertiary/aromatic N) is 1. The van der Waals surface area contributed by atoms with E-state index in [4.69, 9.17) is 9.47 Å². The van der Waals surface area contributed by atoms with E-state index in [1.807, 2.05) is 39.0 Å². The van der Waals surface area contributed by atoms with Crippen molar-refractivity contribution in [3.63, 3.8) is 0 Å². The molecule has 0 spiro atoms. The minimum Gasteiger partial charge on any atom is -0.493 e. The van der Waals surface area contributed by atoms with Crippen LogP contribution in [0.5, 0.6) is 11.5 Å². The summed E-state index contributed by atoms with van der Waals surface area (Å²) in [5, 5.41) is 0. The monoisotopic (exact) mass is 397 g/mol. The maximum absolute atomic E-state index is 13.3. The highest BCUT2D eigenvalue weighted by molar-refractivity contribution is 8.04. The van der Waals surface area contributed by atoms with E-state index >= 15 is 0 Å². The number of hydrogen-bond donors (Lipinski definition) is 0.